The van der Waals surface area contributed by atoms with Crippen LogP contribution in [0.25, 0.3) is 0 Å². The molecular weight excluding hydrogens is 567 g/mol. The predicted octanol–water partition coefficient (Wildman–Crippen LogP) is 5.24. The molecule has 1 atom stereocenters. The zero-order chi connectivity index (χ0) is 25.8. The minimum atomic E-state index is -0.691. The molecule has 1 N–H and O–H groups in total. The fraction of sp³-hybridized carbons (Fsp3) is 0.310. The number of halogens is 1. The summed E-state index contributed by atoms with van der Waals surface area (Å²) in [5.41, 5.74) is 1.85. The smallest absolute Gasteiger partial charge is 0.261 e. The Morgan fingerprint density at radius 2 is 1.67 bits per heavy atom. The molecule has 3 rings (SSSR count). The van der Waals surface area contributed by atoms with Crippen LogP contribution in [-0.4, -0.2) is 43.0 Å². The average molecular weight is 600 g/mol. The van der Waals surface area contributed by atoms with Crippen molar-refractivity contribution in [2.75, 3.05) is 20.3 Å². The Morgan fingerprint density at radius 3 is 2.36 bits per heavy atom. The largest absolute Gasteiger partial charge is 0.497 e. The van der Waals surface area contributed by atoms with Crippen LogP contribution in [-0.2, 0) is 22.6 Å². The van der Waals surface area contributed by atoms with E-state index in [1.165, 1.54) is 0 Å². The quantitative estimate of drug-likeness (QED) is 0.216. The first-order valence-electron chi connectivity index (χ1n) is 12.1. The Kier molecular flexibility index (Phi) is 11.1. The van der Waals surface area contributed by atoms with Gasteiger partial charge in [0.05, 0.1) is 7.11 Å². The molecule has 2 amide bonds. The molecule has 0 aliphatic rings. The van der Waals surface area contributed by atoms with Crippen molar-refractivity contribution in [3.63, 3.8) is 0 Å². The van der Waals surface area contributed by atoms with Gasteiger partial charge in [0, 0.05) is 23.1 Å². The van der Waals surface area contributed by atoms with Gasteiger partial charge >= 0.3 is 0 Å². The molecule has 0 saturated carbocycles. The van der Waals surface area contributed by atoms with Crippen LogP contribution in [0.5, 0.6) is 11.5 Å². The lowest BCUT2D eigenvalue weighted by atomic mass is 10.0. The molecule has 190 valence electrons. The molecule has 7 heteroatoms. The fourth-order valence-electron chi connectivity index (χ4n) is 3.79. The molecule has 0 aliphatic carbocycles. The molecule has 36 heavy (non-hydrogen) atoms. The van der Waals surface area contributed by atoms with Crippen molar-refractivity contribution in [2.24, 2.45) is 0 Å². The molecule has 0 radical (unpaired) electrons. The Morgan fingerprint density at radius 1 is 0.944 bits per heavy atom. The van der Waals surface area contributed by atoms with Gasteiger partial charge < -0.3 is 19.7 Å². The van der Waals surface area contributed by atoms with Gasteiger partial charge in [0.25, 0.3) is 5.91 Å². The molecule has 3 aromatic rings. The van der Waals surface area contributed by atoms with Gasteiger partial charge in [-0.15, -0.1) is 0 Å². The molecule has 0 spiro atoms. The zero-order valence-electron chi connectivity index (χ0n) is 20.8. The van der Waals surface area contributed by atoms with Crippen molar-refractivity contribution in [1.82, 2.24) is 10.2 Å². The Labute approximate surface area is 227 Å². The number of rotatable bonds is 13. The van der Waals surface area contributed by atoms with Crippen LogP contribution in [0.3, 0.4) is 0 Å². The molecule has 0 heterocycles. The van der Waals surface area contributed by atoms with Crippen molar-refractivity contribution in [3.05, 3.63) is 93.6 Å². The van der Waals surface area contributed by atoms with Crippen LogP contribution in [0.2, 0.25) is 0 Å². The third kappa shape index (κ3) is 8.55. The van der Waals surface area contributed by atoms with Gasteiger partial charge in [0.2, 0.25) is 5.91 Å². The Bertz CT molecular complexity index is 1110. The number of unbranched alkanes of at least 4 members (excludes halogenated alkanes) is 1. The standard InChI is InChI=1S/C29H33IN2O4/c1-3-4-17-31-29(34)27(19-22-9-6-5-7-10-22)32(20-23-11-8-12-26(18-23)35-2)28(33)21-36-25-15-13-24(30)14-16-25/h5-16,18,27H,3-4,17,19-21H2,1-2H3,(H,31,34). The maximum atomic E-state index is 13.6. The van der Waals surface area contributed by atoms with E-state index < -0.39 is 6.04 Å². The summed E-state index contributed by atoms with van der Waals surface area (Å²) in [5.74, 6) is 0.875. The van der Waals surface area contributed by atoms with E-state index in [4.69, 9.17) is 9.47 Å². The predicted molar refractivity (Wildman–Crippen MR) is 150 cm³/mol. The van der Waals surface area contributed by atoms with E-state index in [1.54, 1.807) is 12.0 Å². The van der Waals surface area contributed by atoms with E-state index in [1.807, 2.05) is 78.9 Å². The minimum Gasteiger partial charge on any atom is -0.497 e. The molecule has 0 saturated heterocycles. The number of carbonyl (C=O) groups is 2. The molecule has 0 fully saturated rings. The van der Waals surface area contributed by atoms with Crippen molar-refractivity contribution < 1.29 is 19.1 Å². The average Bonchev–Trinajstić information content (AvgIpc) is 2.91. The second-order valence-electron chi connectivity index (χ2n) is 8.47. The Balaban J connectivity index is 1.89. The highest BCUT2D eigenvalue weighted by atomic mass is 127. The van der Waals surface area contributed by atoms with Gasteiger partial charge in [-0.3, -0.25) is 9.59 Å². The maximum Gasteiger partial charge on any atom is 0.261 e. The third-order valence-electron chi connectivity index (χ3n) is 5.76. The van der Waals surface area contributed by atoms with E-state index in [0.29, 0.717) is 24.5 Å². The number of nitrogens with zero attached hydrogens (tertiary/aromatic N) is 1. The number of benzene rings is 3. The van der Waals surface area contributed by atoms with E-state index in [-0.39, 0.29) is 25.0 Å². The summed E-state index contributed by atoms with van der Waals surface area (Å²) in [7, 11) is 1.61. The van der Waals surface area contributed by atoms with Gasteiger partial charge in [-0.25, -0.2) is 0 Å². The highest BCUT2D eigenvalue weighted by molar-refractivity contribution is 14.1. The summed E-state index contributed by atoms with van der Waals surface area (Å²) in [6, 6.07) is 24.1. The van der Waals surface area contributed by atoms with Crippen molar-refractivity contribution in [2.45, 2.75) is 38.8 Å². The first kappa shape index (κ1) is 27.5. The van der Waals surface area contributed by atoms with Crippen LogP contribution >= 0.6 is 22.6 Å². The van der Waals surface area contributed by atoms with Crippen LogP contribution in [0.1, 0.15) is 30.9 Å². The summed E-state index contributed by atoms with van der Waals surface area (Å²) >= 11 is 2.22. The van der Waals surface area contributed by atoms with E-state index in [9.17, 15) is 9.59 Å². The van der Waals surface area contributed by atoms with E-state index >= 15 is 0 Å². The molecule has 3 aromatic carbocycles. The first-order valence-corrected chi connectivity index (χ1v) is 13.2. The van der Waals surface area contributed by atoms with E-state index in [2.05, 4.69) is 34.8 Å². The summed E-state index contributed by atoms with van der Waals surface area (Å²) in [4.78, 5) is 28.6. The van der Waals surface area contributed by atoms with Crippen LogP contribution in [0, 0.1) is 3.57 Å². The molecule has 6 nitrogen and oxygen atoms in total. The molecule has 1 unspecified atom stereocenters. The highest BCUT2D eigenvalue weighted by Crippen LogP contribution is 2.19. The van der Waals surface area contributed by atoms with Crippen LogP contribution < -0.4 is 14.8 Å². The van der Waals surface area contributed by atoms with Gasteiger partial charge in [-0.1, -0.05) is 55.8 Å². The summed E-state index contributed by atoms with van der Waals surface area (Å²) in [6.07, 6.45) is 2.25. The summed E-state index contributed by atoms with van der Waals surface area (Å²) < 4.78 is 12.3. The highest BCUT2D eigenvalue weighted by Gasteiger charge is 2.30. The molecule has 0 aromatic heterocycles. The van der Waals surface area contributed by atoms with Gasteiger partial charge in [-0.05, 0) is 76.5 Å². The monoisotopic (exact) mass is 600 g/mol. The lowest BCUT2D eigenvalue weighted by molar-refractivity contribution is -0.142. The topological polar surface area (TPSA) is 67.9 Å². The van der Waals surface area contributed by atoms with Gasteiger partial charge in [0.15, 0.2) is 6.61 Å². The van der Waals surface area contributed by atoms with Crippen molar-refractivity contribution in [1.29, 1.82) is 0 Å². The number of hydrogen-bond acceptors (Lipinski definition) is 4. The number of amides is 2. The minimum absolute atomic E-state index is 0.169. The molecule has 0 aliphatic heterocycles. The van der Waals surface area contributed by atoms with E-state index in [0.717, 1.165) is 27.5 Å². The SMILES string of the molecule is CCCCNC(=O)C(Cc1ccccc1)N(Cc1cccc(OC)c1)C(=O)COc1ccc(I)cc1. The molecule has 0 bridgehead atoms. The number of methoxy groups -OCH3 is 1. The number of hydrogen-bond donors (Lipinski definition) is 1. The summed E-state index contributed by atoms with van der Waals surface area (Å²) in [5, 5.41) is 3.03. The fourth-order valence-corrected chi connectivity index (χ4v) is 4.15. The lowest BCUT2D eigenvalue weighted by Crippen LogP contribution is -2.51. The summed E-state index contributed by atoms with van der Waals surface area (Å²) in [6.45, 7) is 2.73. The molecular formula is C29H33IN2O4. The third-order valence-corrected chi connectivity index (χ3v) is 6.48. The zero-order valence-corrected chi connectivity index (χ0v) is 22.9. The first-order chi connectivity index (χ1) is 17.5. The van der Waals surface area contributed by atoms with Crippen LogP contribution in [0.15, 0.2) is 78.9 Å². The maximum absolute atomic E-state index is 13.6. The van der Waals surface area contributed by atoms with Crippen molar-refractivity contribution in [3.8, 4) is 11.5 Å². The Hall–Kier alpha value is -3.07. The second kappa shape index (κ2) is 14.5. The van der Waals surface area contributed by atoms with Crippen molar-refractivity contribution >= 4 is 34.4 Å². The second-order valence-corrected chi connectivity index (χ2v) is 9.71. The lowest BCUT2D eigenvalue weighted by Gasteiger charge is -2.31. The number of ether oxygens (including phenoxy) is 2. The van der Waals surface area contributed by atoms with Gasteiger partial charge in [0.1, 0.15) is 17.5 Å². The number of carbonyl (C=O) groups excluding carboxylic acids is 2. The normalized spacial score (nSPS) is 11.4. The van der Waals surface area contributed by atoms with Crippen LogP contribution in [0.4, 0.5) is 0 Å². The van der Waals surface area contributed by atoms with Gasteiger partial charge in [-0.2, -0.15) is 0 Å². The number of nitrogens with one attached hydrogen (secondary N) is 1.